The monoisotopic (exact) mass is 328 g/mol. The summed E-state index contributed by atoms with van der Waals surface area (Å²) in [5.74, 6) is -1.85. The van der Waals surface area contributed by atoms with Crippen LogP contribution in [0.25, 0.3) is 6.08 Å². The van der Waals surface area contributed by atoms with Crippen molar-refractivity contribution in [1.82, 2.24) is 0 Å². The number of nitrogens with one attached hydrogen (secondary N) is 1. The highest BCUT2D eigenvalue weighted by molar-refractivity contribution is 6.10. The molecule has 0 bridgehead atoms. The molecule has 1 amide bonds. The molecule has 2 aromatic carbocycles. The third kappa shape index (κ3) is 4.17. The van der Waals surface area contributed by atoms with Gasteiger partial charge in [-0.05, 0) is 37.3 Å². The van der Waals surface area contributed by atoms with E-state index in [-0.39, 0.29) is 11.1 Å². The van der Waals surface area contributed by atoms with Crippen molar-refractivity contribution in [3.05, 3.63) is 65.2 Å². The van der Waals surface area contributed by atoms with Crippen LogP contribution in [0.15, 0.2) is 48.0 Å². The van der Waals surface area contributed by atoms with Gasteiger partial charge in [-0.25, -0.2) is 8.78 Å². The van der Waals surface area contributed by atoms with Crippen LogP contribution in [-0.2, 0) is 4.79 Å². The highest BCUT2D eigenvalue weighted by Crippen LogP contribution is 2.24. The Bertz CT molecular complexity index is 826. The van der Waals surface area contributed by atoms with Crippen LogP contribution in [0.5, 0.6) is 5.75 Å². The van der Waals surface area contributed by atoms with E-state index in [2.05, 4.69) is 5.32 Å². The Balaban J connectivity index is 2.27. The second-order valence-electron chi connectivity index (χ2n) is 4.72. The number of rotatable bonds is 5. The fourth-order valence-electron chi connectivity index (χ4n) is 1.96. The molecule has 0 saturated heterocycles. The summed E-state index contributed by atoms with van der Waals surface area (Å²) >= 11 is 0. The zero-order chi connectivity index (χ0) is 17.5. The maximum atomic E-state index is 13.7. The van der Waals surface area contributed by atoms with Gasteiger partial charge in [-0.2, -0.15) is 5.26 Å². The van der Waals surface area contributed by atoms with Gasteiger partial charge in [0, 0.05) is 11.6 Å². The molecule has 2 rings (SSSR count). The van der Waals surface area contributed by atoms with E-state index in [1.165, 1.54) is 0 Å². The van der Waals surface area contributed by atoms with E-state index in [1.807, 2.05) is 0 Å². The third-order valence-electron chi connectivity index (χ3n) is 3.06. The van der Waals surface area contributed by atoms with Gasteiger partial charge in [-0.15, -0.1) is 0 Å². The zero-order valence-corrected chi connectivity index (χ0v) is 12.8. The van der Waals surface area contributed by atoms with E-state index in [1.54, 1.807) is 37.3 Å². The number of hydrogen-bond donors (Lipinski definition) is 1. The first-order valence-electron chi connectivity index (χ1n) is 7.15. The van der Waals surface area contributed by atoms with Crippen molar-refractivity contribution in [1.29, 1.82) is 5.26 Å². The number of hydrogen-bond acceptors (Lipinski definition) is 3. The molecule has 0 atom stereocenters. The first kappa shape index (κ1) is 17.2. The molecule has 0 aliphatic rings. The molecule has 0 aromatic heterocycles. The van der Waals surface area contributed by atoms with Gasteiger partial charge in [0.05, 0.1) is 12.3 Å². The van der Waals surface area contributed by atoms with Gasteiger partial charge in [0.25, 0.3) is 5.91 Å². The predicted octanol–water partition coefficient (Wildman–Crippen LogP) is 3.91. The molecule has 0 saturated carbocycles. The van der Waals surface area contributed by atoms with Gasteiger partial charge < -0.3 is 10.1 Å². The Morgan fingerprint density at radius 3 is 2.71 bits per heavy atom. The van der Waals surface area contributed by atoms with Gasteiger partial charge in [0.15, 0.2) is 0 Å². The topological polar surface area (TPSA) is 62.1 Å². The Morgan fingerprint density at radius 1 is 1.29 bits per heavy atom. The SMILES string of the molecule is CCOc1ccccc1NC(=O)/C(C#N)=C\c1ccc(F)cc1F. The summed E-state index contributed by atoms with van der Waals surface area (Å²) in [6.45, 7) is 2.21. The lowest BCUT2D eigenvalue weighted by Gasteiger charge is -2.10. The second kappa shape index (κ2) is 7.88. The molecule has 0 aliphatic heterocycles. The van der Waals surface area contributed by atoms with E-state index in [0.717, 1.165) is 18.2 Å². The predicted molar refractivity (Wildman–Crippen MR) is 86.2 cm³/mol. The van der Waals surface area contributed by atoms with Gasteiger partial charge >= 0.3 is 0 Å². The maximum Gasteiger partial charge on any atom is 0.266 e. The lowest BCUT2D eigenvalue weighted by molar-refractivity contribution is -0.112. The Hall–Kier alpha value is -3.20. The summed E-state index contributed by atoms with van der Waals surface area (Å²) < 4.78 is 32.0. The molecule has 0 heterocycles. The number of carbonyl (C=O) groups excluding carboxylic acids is 1. The van der Waals surface area contributed by atoms with Gasteiger partial charge in [-0.3, -0.25) is 4.79 Å². The van der Waals surface area contributed by atoms with Gasteiger partial charge in [0.1, 0.15) is 29.0 Å². The highest BCUT2D eigenvalue weighted by Gasteiger charge is 2.13. The quantitative estimate of drug-likeness (QED) is 0.668. The standard InChI is InChI=1S/C18H14F2N2O2/c1-2-24-17-6-4-3-5-16(17)22-18(23)13(11-21)9-12-7-8-14(19)10-15(12)20/h3-10H,2H2,1H3,(H,22,23)/b13-9-. The number of anilines is 1. The summed E-state index contributed by atoms with van der Waals surface area (Å²) in [6, 6.07) is 11.3. The number of para-hydroxylation sites is 2. The van der Waals surface area contributed by atoms with Crippen LogP contribution in [0.1, 0.15) is 12.5 Å². The van der Waals surface area contributed by atoms with E-state index in [4.69, 9.17) is 10.00 Å². The third-order valence-corrected chi connectivity index (χ3v) is 3.06. The summed E-state index contributed by atoms with van der Waals surface area (Å²) in [5.41, 5.74) is 0.0260. The second-order valence-corrected chi connectivity index (χ2v) is 4.72. The van der Waals surface area contributed by atoms with Crippen LogP contribution in [0, 0.1) is 23.0 Å². The molecule has 24 heavy (non-hydrogen) atoms. The number of nitrogens with zero attached hydrogens (tertiary/aromatic N) is 1. The van der Waals surface area contributed by atoms with Crippen LogP contribution in [-0.4, -0.2) is 12.5 Å². The molecule has 0 unspecified atom stereocenters. The fourth-order valence-corrected chi connectivity index (χ4v) is 1.96. The number of ether oxygens (including phenoxy) is 1. The van der Waals surface area contributed by atoms with E-state index < -0.39 is 17.5 Å². The number of halogens is 2. The minimum Gasteiger partial charge on any atom is -0.492 e. The van der Waals surface area contributed by atoms with Crippen molar-refractivity contribution in [2.24, 2.45) is 0 Å². The van der Waals surface area contributed by atoms with Gasteiger partial charge in [-0.1, -0.05) is 12.1 Å². The van der Waals surface area contributed by atoms with Crippen LogP contribution in [0.4, 0.5) is 14.5 Å². The van der Waals surface area contributed by atoms with Gasteiger partial charge in [0.2, 0.25) is 0 Å². The summed E-state index contributed by atoms with van der Waals surface area (Å²) in [7, 11) is 0. The molecule has 0 spiro atoms. The van der Waals surface area contributed by atoms with Crippen molar-refractivity contribution in [3.8, 4) is 11.8 Å². The zero-order valence-electron chi connectivity index (χ0n) is 12.8. The van der Waals surface area contributed by atoms with Crippen LogP contribution in [0.3, 0.4) is 0 Å². The normalized spacial score (nSPS) is 10.8. The Labute approximate surface area is 138 Å². The van der Waals surface area contributed by atoms with Crippen LogP contribution in [0.2, 0.25) is 0 Å². The molecule has 4 nitrogen and oxygen atoms in total. The minimum absolute atomic E-state index is 0.0545. The average Bonchev–Trinajstić information content (AvgIpc) is 2.56. The van der Waals surface area contributed by atoms with E-state index in [9.17, 15) is 13.6 Å². The fraction of sp³-hybridized carbons (Fsp3) is 0.111. The molecular formula is C18H14F2N2O2. The minimum atomic E-state index is -0.856. The molecule has 0 radical (unpaired) electrons. The first-order valence-corrected chi connectivity index (χ1v) is 7.15. The van der Waals surface area contributed by atoms with E-state index in [0.29, 0.717) is 24.1 Å². The molecule has 2 aromatic rings. The number of amides is 1. The summed E-state index contributed by atoms with van der Waals surface area (Å²) in [5, 5.41) is 11.7. The molecule has 122 valence electrons. The van der Waals surface area contributed by atoms with Crippen molar-refractivity contribution in [2.75, 3.05) is 11.9 Å². The summed E-state index contributed by atoms with van der Waals surface area (Å²) in [6.07, 6.45) is 1.06. The molecule has 6 heteroatoms. The molecule has 1 N–H and O–H groups in total. The van der Waals surface area contributed by atoms with Crippen molar-refractivity contribution in [3.63, 3.8) is 0 Å². The largest absolute Gasteiger partial charge is 0.492 e. The molecular weight excluding hydrogens is 314 g/mol. The smallest absolute Gasteiger partial charge is 0.266 e. The Kier molecular flexibility index (Phi) is 5.63. The van der Waals surface area contributed by atoms with Crippen molar-refractivity contribution in [2.45, 2.75) is 6.92 Å². The first-order chi connectivity index (χ1) is 11.5. The number of carbonyl (C=O) groups is 1. The maximum absolute atomic E-state index is 13.7. The van der Waals surface area contributed by atoms with Crippen LogP contribution < -0.4 is 10.1 Å². The lowest BCUT2D eigenvalue weighted by atomic mass is 10.1. The van der Waals surface area contributed by atoms with Crippen molar-refractivity contribution < 1.29 is 18.3 Å². The van der Waals surface area contributed by atoms with Crippen molar-refractivity contribution >= 4 is 17.7 Å². The number of benzene rings is 2. The molecule has 0 aliphatic carbocycles. The lowest BCUT2D eigenvalue weighted by Crippen LogP contribution is -2.14. The molecule has 0 fully saturated rings. The Morgan fingerprint density at radius 2 is 2.04 bits per heavy atom. The number of nitriles is 1. The van der Waals surface area contributed by atoms with Crippen LogP contribution >= 0.6 is 0 Å². The summed E-state index contributed by atoms with van der Waals surface area (Å²) in [4.78, 5) is 12.2. The highest BCUT2D eigenvalue weighted by atomic mass is 19.1. The average molecular weight is 328 g/mol. The van der Waals surface area contributed by atoms with E-state index >= 15 is 0 Å².